The number of benzene rings is 1. The van der Waals surface area contributed by atoms with E-state index in [9.17, 15) is 4.39 Å². The zero-order chi connectivity index (χ0) is 12.7. The first-order valence-corrected chi connectivity index (χ1v) is 5.37. The van der Waals surface area contributed by atoms with Gasteiger partial charge in [-0.2, -0.15) is 0 Å². The third kappa shape index (κ3) is 1.67. The average Bonchev–Trinajstić information content (AvgIpc) is 2.80. The Bertz CT molecular complexity index is 743. The maximum Gasteiger partial charge on any atom is 0.224 e. The van der Waals surface area contributed by atoms with Gasteiger partial charge in [-0.25, -0.2) is 14.0 Å². The van der Waals surface area contributed by atoms with Crippen LogP contribution in [0.25, 0.3) is 22.4 Å². The van der Waals surface area contributed by atoms with Crippen molar-refractivity contribution in [2.24, 2.45) is 0 Å². The largest absolute Gasteiger partial charge is 0.396 e. The first-order chi connectivity index (χ1) is 8.65. The van der Waals surface area contributed by atoms with Gasteiger partial charge < -0.3 is 5.73 Å². The van der Waals surface area contributed by atoms with Gasteiger partial charge in [-0.05, 0) is 34.6 Å². The molecule has 2 heterocycles. The highest BCUT2D eigenvalue weighted by atomic mass is 35.5. The van der Waals surface area contributed by atoms with Gasteiger partial charge in [-0.3, -0.25) is 0 Å². The molecular weight excluding hydrogens is 259 g/mol. The van der Waals surface area contributed by atoms with Gasteiger partial charge >= 0.3 is 0 Å². The Hall–Kier alpha value is -2.21. The summed E-state index contributed by atoms with van der Waals surface area (Å²) in [5.41, 5.74) is 7.18. The normalized spacial score (nSPS) is 11.0. The maximum atomic E-state index is 13.4. The highest BCUT2D eigenvalue weighted by Crippen LogP contribution is 2.30. The molecule has 0 aliphatic heterocycles. The van der Waals surface area contributed by atoms with Crippen LogP contribution in [0.5, 0.6) is 0 Å². The number of nitrogens with two attached hydrogens (primary N) is 1. The maximum absolute atomic E-state index is 13.4. The molecular formula is C11H6ClFN4O. The molecule has 0 unspecified atom stereocenters. The number of pyridine rings is 1. The summed E-state index contributed by atoms with van der Waals surface area (Å²) in [5, 5.41) is 7.56. The lowest BCUT2D eigenvalue weighted by Gasteiger charge is -2.05. The Morgan fingerprint density at radius 3 is 2.89 bits per heavy atom. The van der Waals surface area contributed by atoms with Gasteiger partial charge in [0.05, 0.1) is 16.4 Å². The van der Waals surface area contributed by atoms with Crippen molar-refractivity contribution in [3.8, 4) is 11.3 Å². The van der Waals surface area contributed by atoms with Crippen molar-refractivity contribution in [1.82, 2.24) is 15.3 Å². The van der Waals surface area contributed by atoms with Gasteiger partial charge in [0.1, 0.15) is 5.82 Å². The second kappa shape index (κ2) is 3.92. The second-order valence-corrected chi connectivity index (χ2v) is 4.06. The van der Waals surface area contributed by atoms with Crippen LogP contribution in [-0.4, -0.2) is 15.3 Å². The Labute approximate surface area is 105 Å². The molecule has 0 radical (unpaired) electrons. The van der Waals surface area contributed by atoms with E-state index in [-0.39, 0.29) is 5.69 Å². The lowest BCUT2D eigenvalue weighted by molar-refractivity contribution is 0.315. The van der Waals surface area contributed by atoms with Crippen LogP contribution in [0.2, 0.25) is 5.02 Å². The lowest BCUT2D eigenvalue weighted by atomic mass is 10.1. The standard InChI is InChI=1S/C11H6ClFN4O/c12-6-4-8(14)7(13)3-5(6)9-1-2-10-11(15-9)17-18-16-10/h1-4H,14H2. The molecule has 0 aliphatic carbocycles. The number of hydrogen-bond acceptors (Lipinski definition) is 5. The quantitative estimate of drug-likeness (QED) is 0.684. The smallest absolute Gasteiger partial charge is 0.224 e. The van der Waals surface area contributed by atoms with Crippen molar-refractivity contribution < 1.29 is 9.02 Å². The van der Waals surface area contributed by atoms with Gasteiger partial charge in [0.25, 0.3) is 0 Å². The number of rotatable bonds is 1. The van der Waals surface area contributed by atoms with Crippen LogP contribution in [0.4, 0.5) is 10.1 Å². The molecule has 0 atom stereocenters. The summed E-state index contributed by atoms with van der Waals surface area (Å²) in [5.74, 6) is -0.547. The molecule has 0 amide bonds. The fourth-order valence-corrected chi connectivity index (χ4v) is 1.86. The highest BCUT2D eigenvalue weighted by Gasteiger charge is 2.11. The lowest BCUT2D eigenvalue weighted by Crippen LogP contribution is -1.93. The molecule has 0 aliphatic rings. The Kier molecular flexibility index (Phi) is 2.38. The van der Waals surface area contributed by atoms with Gasteiger partial charge in [-0.15, -0.1) is 0 Å². The van der Waals surface area contributed by atoms with E-state index in [1.807, 2.05) is 0 Å². The Balaban J connectivity index is 2.21. The minimum absolute atomic E-state index is 0.00655. The van der Waals surface area contributed by atoms with Gasteiger partial charge in [-0.1, -0.05) is 11.6 Å². The van der Waals surface area contributed by atoms with E-state index in [4.69, 9.17) is 17.3 Å². The molecule has 7 heteroatoms. The zero-order valence-electron chi connectivity index (χ0n) is 8.89. The van der Waals surface area contributed by atoms with Gasteiger partial charge in [0, 0.05) is 5.56 Å². The third-order valence-electron chi connectivity index (χ3n) is 2.48. The van der Waals surface area contributed by atoms with Crippen molar-refractivity contribution in [2.45, 2.75) is 0 Å². The van der Waals surface area contributed by atoms with Gasteiger partial charge in [0.2, 0.25) is 5.65 Å². The van der Waals surface area contributed by atoms with E-state index in [1.165, 1.54) is 12.1 Å². The van der Waals surface area contributed by atoms with Gasteiger partial charge in [0.15, 0.2) is 5.52 Å². The zero-order valence-corrected chi connectivity index (χ0v) is 9.65. The number of anilines is 1. The van der Waals surface area contributed by atoms with E-state index in [2.05, 4.69) is 19.9 Å². The monoisotopic (exact) mass is 264 g/mol. The predicted molar refractivity (Wildman–Crippen MR) is 64.4 cm³/mol. The number of nitrogen functional groups attached to an aromatic ring is 1. The molecule has 0 spiro atoms. The molecule has 0 saturated carbocycles. The Morgan fingerprint density at radius 1 is 1.22 bits per heavy atom. The number of aromatic nitrogens is 3. The molecule has 3 aromatic rings. The number of nitrogens with zero attached hydrogens (tertiary/aromatic N) is 3. The molecule has 3 rings (SSSR count). The fraction of sp³-hybridized carbons (Fsp3) is 0. The van der Waals surface area contributed by atoms with Crippen molar-refractivity contribution in [3.63, 3.8) is 0 Å². The summed E-state index contributed by atoms with van der Waals surface area (Å²) < 4.78 is 18.0. The van der Waals surface area contributed by atoms with Crippen LogP contribution in [0.1, 0.15) is 0 Å². The second-order valence-electron chi connectivity index (χ2n) is 3.66. The molecule has 90 valence electrons. The molecule has 5 nitrogen and oxygen atoms in total. The number of fused-ring (bicyclic) bond motifs is 1. The van der Waals surface area contributed by atoms with Crippen molar-refractivity contribution >= 4 is 28.5 Å². The molecule has 2 aromatic heterocycles. The molecule has 1 aromatic carbocycles. The molecule has 0 saturated heterocycles. The topological polar surface area (TPSA) is 77.8 Å². The first-order valence-electron chi connectivity index (χ1n) is 4.99. The average molecular weight is 265 g/mol. The number of hydrogen-bond donors (Lipinski definition) is 1. The summed E-state index contributed by atoms with van der Waals surface area (Å²) in [7, 11) is 0. The van der Waals surface area contributed by atoms with Crippen LogP contribution in [0.3, 0.4) is 0 Å². The molecule has 18 heavy (non-hydrogen) atoms. The molecule has 0 bridgehead atoms. The van der Waals surface area contributed by atoms with Crippen molar-refractivity contribution in [3.05, 3.63) is 35.1 Å². The van der Waals surface area contributed by atoms with E-state index in [0.717, 1.165) is 0 Å². The predicted octanol–water partition coefficient (Wildman–Crippen LogP) is 2.66. The Morgan fingerprint density at radius 2 is 2.06 bits per heavy atom. The van der Waals surface area contributed by atoms with Crippen LogP contribution in [0, 0.1) is 5.82 Å². The summed E-state index contributed by atoms with van der Waals surface area (Å²) >= 11 is 6.01. The minimum Gasteiger partial charge on any atom is -0.396 e. The van der Waals surface area contributed by atoms with E-state index in [0.29, 0.717) is 27.4 Å². The SMILES string of the molecule is Nc1cc(Cl)c(-c2ccc3nonc3n2)cc1F. The summed E-state index contributed by atoms with van der Waals surface area (Å²) in [4.78, 5) is 4.18. The van der Waals surface area contributed by atoms with Crippen LogP contribution < -0.4 is 5.73 Å². The first kappa shape index (κ1) is 10.9. The van der Waals surface area contributed by atoms with Crippen LogP contribution in [0.15, 0.2) is 28.9 Å². The number of halogens is 2. The summed E-state index contributed by atoms with van der Waals surface area (Å²) in [6.45, 7) is 0. The third-order valence-corrected chi connectivity index (χ3v) is 2.80. The van der Waals surface area contributed by atoms with E-state index < -0.39 is 5.82 Å². The van der Waals surface area contributed by atoms with E-state index >= 15 is 0 Å². The highest BCUT2D eigenvalue weighted by molar-refractivity contribution is 6.33. The van der Waals surface area contributed by atoms with Crippen molar-refractivity contribution in [2.75, 3.05) is 5.73 Å². The van der Waals surface area contributed by atoms with Crippen molar-refractivity contribution in [1.29, 1.82) is 0 Å². The summed E-state index contributed by atoms with van der Waals surface area (Å²) in [6.07, 6.45) is 0. The fourth-order valence-electron chi connectivity index (χ4n) is 1.59. The van der Waals surface area contributed by atoms with Crippen LogP contribution in [-0.2, 0) is 0 Å². The minimum atomic E-state index is -0.547. The molecule has 2 N–H and O–H groups in total. The van der Waals surface area contributed by atoms with Crippen LogP contribution >= 0.6 is 11.6 Å². The molecule has 0 fully saturated rings. The van der Waals surface area contributed by atoms with E-state index in [1.54, 1.807) is 12.1 Å². The summed E-state index contributed by atoms with van der Waals surface area (Å²) in [6, 6.07) is 5.90.